The highest BCUT2D eigenvalue weighted by Crippen LogP contribution is 2.28. The zero-order chi connectivity index (χ0) is 25.2. The topological polar surface area (TPSA) is 73.0 Å². The predicted octanol–water partition coefficient (Wildman–Crippen LogP) is 4.09. The van der Waals surface area contributed by atoms with Gasteiger partial charge in [-0.15, -0.1) is 0 Å². The van der Waals surface area contributed by atoms with Gasteiger partial charge in [0.2, 0.25) is 11.8 Å². The molecule has 0 radical (unpaired) electrons. The Morgan fingerprint density at radius 2 is 1.47 bits per heavy atom. The number of carbonyl (C=O) groups is 3. The van der Waals surface area contributed by atoms with Gasteiger partial charge in [0.15, 0.2) is 0 Å². The van der Waals surface area contributed by atoms with E-state index in [-0.39, 0.29) is 30.3 Å². The predicted molar refractivity (Wildman–Crippen MR) is 141 cm³/mol. The Hall–Kier alpha value is -3.61. The van der Waals surface area contributed by atoms with Gasteiger partial charge in [0, 0.05) is 45.3 Å². The summed E-state index contributed by atoms with van der Waals surface area (Å²) in [5.41, 5.74) is 1.96. The zero-order valence-electron chi connectivity index (χ0n) is 20.9. The quantitative estimate of drug-likeness (QED) is 0.662. The molecule has 2 aliphatic heterocycles. The highest BCUT2D eigenvalue weighted by atomic mass is 16.2. The van der Waals surface area contributed by atoms with Crippen LogP contribution in [0, 0.1) is 0 Å². The van der Waals surface area contributed by atoms with Gasteiger partial charge in [-0.3, -0.25) is 9.59 Å². The van der Waals surface area contributed by atoms with Crippen molar-refractivity contribution < 1.29 is 14.4 Å². The number of rotatable bonds is 3. The van der Waals surface area contributed by atoms with Gasteiger partial charge >= 0.3 is 6.03 Å². The third kappa shape index (κ3) is 6.97. The Bertz CT molecular complexity index is 1040. The van der Waals surface area contributed by atoms with E-state index in [2.05, 4.69) is 5.32 Å². The maximum atomic E-state index is 13.4. The number of hydrogen-bond donors (Lipinski definition) is 1. The number of carbonyl (C=O) groups excluding carboxylic acids is 3. The molecule has 2 aliphatic rings. The number of amides is 4. The molecule has 2 aromatic carbocycles. The van der Waals surface area contributed by atoms with Gasteiger partial charge in [-0.2, -0.15) is 0 Å². The molecule has 4 amide bonds. The van der Waals surface area contributed by atoms with Gasteiger partial charge in [0.05, 0.1) is 12.5 Å². The van der Waals surface area contributed by atoms with E-state index in [1.165, 1.54) is 0 Å². The summed E-state index contributed by atoms with van der Waals surface area (Å²) in [6, 6.07) is 19.3. The van der Waals surface area contributed by atoms with Crippen molar-refractivity contribution in [3.05, 3.63) is 77.9 Å². The fourth-order valence-electron chi connectivity index (χ4n) is 4.90. The van der Waals surface area contributed by atoms with Crippen LogP contribution in [0.4, 0.5) is 4.79 Å². The van der Waals surface area contributed by atoms with Crippen LogP contribution < -0.4 is 5.32 Å². The first kappa shape index (κ1) is 25.5. The number of urea groups is 1. The molecule has 4 rings (SSSR count). The number of benzene rings is 2. The third-order valence-corrected chi connectivity index (χ3v) is 6.85. The summed E-state index contributed by atoms with van der Waals surface area (Å²) in [5.74, 6) is -0.107. The van der Waals surface area contributed by atoms with Crippen LogP contribution in [0.2, 0.25) is 0 Å². The van der Waals surface area contributed by atoms with Crippen LogP contribution in [-0.2, 0) is 9.59 Å². The first-order chi connectivity index (χ1) is 17.6. The third-order valence-electron chi connectivity index (χ3n) is 6.85. The van der Waals surface area contributed by atoms with Crippen molar-refractivity contribution >= 4 is 23.9 Å². The Morgan fingerprint density at radius 1 is 0.806 bits per heavy atom. The Kier molecular flexibility index (Phi) is 9.14. The lowest BCUT2D eigenvalue weighted by molar-refractivity contribution is -0.126. The number of nitrogens with zero attached hydrogens (tertiary/aromatic N) is 3. The lowest BCUT2D eigenvalue weighted by Gasteiger charge is -2.40. The molecule has 1 atom stereocenters. The van der Waals surface area contributed by atoms with Crippen molar-refractivity contribution in [3.63, 3.8) is 0 Å². The van der Waals surface area contributed by atoms with Crippen molar-refractivity contribution in [3.8, 4) is 0 Å². The summed E-state index contributed by atoms with van der Waals surface area (Å²) in [5, 5.41) is 3.01. The second kappa shape index (κ2) is 12.9. The van der Waals surface area contributed by atoms with Gasteiger partial charge in [-0.25, -0.2) is 4.79 Å². The lowest BCUT2D eigenvalue weighted by atomic mass is 10.0. The highest BCUT2D eigenvalue weighted by molar-refractivity contribution is 5.91. The van der Waals surface area contributed by atoms with Crippen molar-refractivity contribution in [2.24, 2.45) is 0 Å². The van der Waals surface area contributed by atoms with E-state index in [1.54, 1.807) is 6.08 Å². The molecular weight excluding hydrogens is 452 g/mol. The van der Waals surface area contributed by atoms with E-state index >= 15 is 0 Å². The van der Waals surface area contributed by atoms with E-state index in [0.717, 1.165) is 36.9 Å². The van der Waals surface area contributed by atoms with Gasteiger partial charge in [-0.05, 0) is 42.9 Å². The molecule has 36 heavy (non-hydrogen) atoms. The van der Waals surface area contributed by atoms with Crippen molar-refractivity contribution in [1.29, 1.82) is 0 Å². The molecule has 0 spiro atoms. The van der Waals surface area contributed by atoms with E-state index in [9.17, 15) is 14.4 Å². The SMILES string of the molecule is O=C1C[C@H](c2ccccc2)N2CCCN(CCCCN(C(=O)C=Cc3ccccc3)CCCN1)C2=O. The Morgan fingerprint density at radius 3 is 2.25 bits per heavy atom. The van der Waals surface area contributed by atoms with Gasteiger partial charge in [-0.1, -0.05) is 60.7 Å². The molecule has 0 unspecified atom stereocenters. The summed E-state index contributed by atoms with van der Waals surface area (Å²) < 4.78 is 0. The van der Waals surface area contributed by atoms with Crippen LogP contribution in [0.25, 0.3) is 6.08 Å². The summed E-state index contributed by atoms with van der Waals surface area (Å²) >= 11 is 0. The smallest absolute Gasteiger partial charge is 0.320 e. The minimum Gasteiger partial charge on any atom is -0.356 e. The van der Waals surface area contributed by atoms with E-state index in [0.29, 0.717) is 39.1 Å². The lowest BCUT2D eigenvalue weighted by Crippen LogP contribution is -2.51. The second-order valence-corrected chi connectivity index (χ2v) is 9.43. The van der Waals surface area contributed by atoms with E-state index < -0.39 is 0 Å². The van der Waals surface area contributed by atoms with Crippen LogP contribution in [0.5, 0.6) is 0 Å². The molecule has 0 aliphatic carbocycles. The Balaban J connectivity index is 1.46. The minimum absolute atomic E-state index is 0.00324. The molecule has 2 bridgehead atoms. The summed E-state index contributed by atoms with van der Waals surface area (Å²) in [6.07, 6.45) is 6.91. The molecule has 0 saturated carbocycles. The molecule has 7 heteroatoms. The van der Waals surface area contributed by atoms with Crippen LogP contribution >= 0.6 is 0 Å². The number of hydrogen-bond acceptors (Lipinski definition) is 3. The van der Waals surface area contributed by atoms with Gasteiger partial charge in [0.25, 0.3) is 0 Å². The van der Waals surface area contributed by atoms with Gasteiger partial charge < -0.3 is 20.0 Å². The Labute approximate surface area is 213 Å². The normalized spacial score (nSPS) is 20.6. The zero-order valence-corrected chi connectivity index (χ0v) is 20.9. The molecule has 0 aromatic heterocycles. The summed E-state index contributed by atoms with van der Waals surface area (Å²) in [7, 11) is 0. The van der Waals surface area contributed by atoms with Crippen molar-refractivity contribution in [2.75, 3.05) is 39.3 Å². The first-order valence-corrected chi connectivity index (χ1v) is 13.0. The molecule has 2 aromatic rings. The van der Waals surface area contributed by atoms with Crippen LogP contribution in [0.1, 0.15) is 49.3 Å². The summed E-state index contributed by atoms with van der Waals surface area (Å²) in [6.45, 7) is 3.74. The monoisotopic (exact) mass is 488 g/mol. The van der Waals surface area contributed by atoms with Crippen molar-refractivity contribution in [2.45, 2.75) is 38.1 Å². The fourth-order valence-corrected chi connectivity index (χ4v) is 4.90. The number of nitrogens with one attached hydrogen (secondary N) is 1. The number of fused-ring (bicyclic) bond motifs is 2. The first-order valence-electron chi connectivity index (χ1n) is 13.0. The molecule has 2 fully saturated rings. The second-order valence-electron chi connectivity index (χ2n) is 9.43. The molecular formula is C29H36N4O3. The average molecular weight is 489 g/mol. The van der Waals surface area contributed by atoms with Gasteiger partial charge in [0.1, 0.15) is 0 Å². The standard InChI is InChI=1S/C29H36N4O3/c34-27-23-26(25-13-5-2-6-14-25)33-22-10-21-32(29(33)36)19-8-7-18-31(20-9-17-30-27)28(35)16-15-24-11-3-1-4-12-24/h1-6,11-16,26H,7-10,17-23H2,(H,30,34)/t26-/m1/s1. The average Bonchev–Trinajstić information content (AvgIpc) is 2.91. The largest absolute Gasteiger partial charge is 0.356 e. The summed E-state index contributed by atoms with van der Waals surface area (Å²) in [4.78, 5) is 44.8. The van der Waals surface area contributed by atoms with Crippen molar-refractivity contribution in [1.82, 2.24) is 20.0 Å². The highest BCUT2D eigenvalue weighted by Gasteiger charge is 2.33. The van der Waals surface area contributed by atoms with Crippen LogP contribution in [0.15, 0.2) is 66.7 Å². The molecule has 190 valence electrons. The van der Waals surface area contributed by atoms with Crippen LogP contribution in [0.3, 0.4) is 0 Å². The fraction of sp³-hybridized carbons (Fsp3) is 0.414. The van der Waals surface area contributed by atoms with E-state index in [4.69, 9.17) is 0 Å². The maximum absolute atomic E-state index is 13.4. The molecule has 2 saturated heterocycles. The maximum Gasteiger partial charge on any atom is 0.320 e. The molecule has 1 N–H and O–H groups in total. The minimum atomic E-state index is -0.284. The van der Waals surface area contributed by atoms with Crippen LogP contribution in [-0.4, -0.2) is 71.8 Å². The van der Waals surface area contributed by atoms with E-state index in [1.807, 2.05) is 81.4 Å². The molecule has 7 nitrogen and oxygen atoms in total. The molecule has 2 heterocycles.